The topological polar surface area (TPSA) is 96.2 Å². The number of pyridine rings is 1. The number of rotatable bonds is 6. The Morgan fingerprint density at radius 1 is 1.26 bits per heavy atom. The number of hydrogen-bond donors (Lipinski definition) is 0. The Morgan fingerprint density at radius 3 is 2.81 bits per heavy atom. The average molecular weight is 414 g/mol. The molecule has 0 aliphatic carbocycles. The molecule has 7 nitrogen and oxygen atoms in total. The molecule has 0 aliphatic rings. The molecule has 4 rings (SSSR count). The van der Waals surface area contributed by atoms with E-state index in [9.17, 15) is 10.1 Å². The normalized spacial score (nSPS) is 11.9. The number of aryl methyl sites for hydroxylation is 1. The Balaban J connectivity index is 1.79. The minimum atomic E-state index is -0.245. The summed E-state index contributed by atoms with van der Waals surface area (Å²) in [5.74, 6) is 0.359. The maximum atomic E-state index is 13.6. The second kappa shape index (κ2) is 8.44. The number of aromatic nitrogens is 2. The largest absolute Gasteiger partial charge is 0.463 e. The van der Waals surface area contributed by atoms with Crippen molar-refractivity contribution in [1.82, 2.24) is 15.0 Å². The predicted octanol–water partition coefficient (Wildman–Crippen LogP) is 5.14. The van der Waals surface area contributed by atoms with Crippen LogP contribution in [-0.4, -0.2) is 28.0 Å². The number of carbonyl (C=O) groups excluding carboxylic acids is 1. The van der Waals surface area contributed by atoms with E-state index >= 15 is 0 Å². The lowest BCUT2D eigenvalue weighted by Crippen LogP contribution is -2.30. The van der Waals surface area contributed by atoms with E-state index in [2.05, 4.69) is 16.2 Å². The van der Waals surface area contributed by atoms with Gasteiger partial charge in [-0.2, -0.15) is 5.26 Å². The molecular formula is C24H22N4O3. The van der Waals surface area contributed by atoms with Gasteiger partial charge in [-0.05, 0) is 49.2 Å². The van der Waals surface area contributed by atoms with E-state index in [0.717, 1.165) is 12.0 Å². The third-order valence-electron chi connectivity index (χ3n) is 5.41. The maximum absolute atomic E-state index is 13.6. The van der Waals surface area contributed by atoms with Crippen LogP contribution in [0.1, 0.15) is 53.5 Å². The van der Waals surface area contributed by atoms with Crippen molar-refractivity contribution < 1.29 is 13.7 Å². The van der Waals surface area contributed by atoms with Gasteiger partial charge in [-0.3, -0.25) is 4.79 Å². The highest BCUT2D eigenvalue weighted by molar-refractivity contribution is 6.07. The lowest BCUT2D eigenvalue weighted by atomic mass is 10.0. The highest BCUT2D eigenvalue weighted by Gasteiger charge is 2.26. The lowest BCUT2D eigenvalue weighted by Gasteiger charge is -2.26. The summed E-state index contributed by atoms with van der Waals surface area (Å²) in [6, 6.07) is 14.5. The third-order valence-corrected chi connectivity index (χ3v) is 5.41. The van der Waals surface area contributed by atoms with E-state index in [4.69, 9.17) is 8.94 Å². The number of furan rings is 1. The molecule has 0 saturated carbocycles. The number of carbonyl (C=O) groups is 1. The zero-order chi connectivity index (χ0) is 22.0. The molecule has 31 heavy (non-hydrogen) atoms. The highest BCUT2D eigenvalue weighted by atomic mass is 16.5. The minimum absolute atomic E-state index is 0.185. The molecule has 0 N–H and O–H groups in total. The molecule has 0 radical (unpaired) electrons. The van der Waals surface area contributed by atoms with Crippen LogP contribution in [0.5, 0.6) is 0 Å². The van der Waals surface area contributed by atoms with Gasteiger partial charge in [0.1, 0.15) is 5.69 Å². The molecule has 0 saturated heterocycles. The lowest BCUT2D eigenvalue weighted by molar-refractivity contribution is 0.0744. The summed E-state index contributed by atoms with van der Waals surface area (Å²) in [7, 11) is 1.75. The Hall–Kier alpha value is -3.92. The molecule has 1 unspecified atom stereocenters. The van der Waals surface area contributed by atoms with Gasteiger partial charge in [-0.25, -0.2) is 4.98 Å². The van der Waals surface area contributed by atoms with E-state index in [1.165, 1.54) is 0 Å². The molecule has 4 aromatic rings. The minimum Gasteiger partial charge on any atom is -0.463 e. The van der Waals surface area contributed by atoms with Gasteiger partial charge in [-0.1, -0.05) is 30.6 Å². The van der Waals surface area contributed by atoms with Crippen molar-refractivity contribution in [3.63, 3.8) is 0 Å². The Kier molecular flexibility index (Phi) is 5.54. The number of benzene rings is 1. The molecule has 7 heteroatoms. The van der Waals surface area contributed by atoms with E-state index < -0.39 is 0 Å². The first-order chi connectivity index (χ1) is 15.0. The van der Waals surface area contributed by atoms with Crippen molar-refractivity contribution in [3.8, 4) is 17.5 Å². The monoisotopic (exact) mass is 414 g/mol. The molecule has 1 atom stereocenters. The van der Waals surface area contributed by atoms with Crippen molar-refractivity contribution in [2.75, 3.05) is 7.05 Å². The van der Waals surface area contributed by atoms with Crippen LogP contribution in [0.3, 0.4) is 0 Å². The van der Waals surface area contributed by atoms with E-state index in [-0.39, 0.29) is 11.9 Å². The summed E-state index contributed by atoms with van der Waals surface area (Å²) >= 11 is 0. The molecule has 0 aliphatic heterocycles. The summed E-state index contributed by atoms with van der Waals surface area (Å²) in [4.78, 5) is 19.8. The highest BCUT2D eigenvalue weighted by Crippen LogP contribution is 2.31. The van der Waals surface area contributed by atoms with Gasteiger partial charge in [-0.15, -0.1) is 0 Å². The molecular weight excluding hydrogens is 392 g/mol. The van der Waals surface area contributed by atoms with E-state index in [0.29, 0.717) is 45.8 Å². The van der Waals surface area contributed by atoms with Gasteiger partial charge < -0.3 is 13.8 Å². The second-order valence-electron chi connectivity index (χ2n) is 7.42. The Labute approximate surface area is 179 Å². The zero-order valence-electron chi connectivity index (χ0n) is 17.6. The SMILES string of the molecule is CCCc1noc2nc(-c3ccco3)cc(C(=O)N(C)C(C)c3cccc(C#N)c3)c12. The number of fused-ring (bicyclic) bond motifs is 1. The molecule has 1 amide bonds. The van der Waals surface area contributed by atoms with Crippen LogP contribution in [0, 0.1) is 11.3 Å². The quantitative estimate of drug-likeness (QED) is 0.433. The number of hydrogen-bond acceptors (Lipinski definition) is 6. The molecule has 156 valence electrons. The fraction of sp³-hybridized carbons (Fsp3) is 0.250. The summed E-state index contributed by atoms with van der Waals surface area (Å²) in [5, 5.41) is 14.0. The summed E-state index contributed by atoms with van der Waals surface area (Å²) < 4.78 is 11.0. The van der Waals surface area contributed by atoms with E-state index in [1.807, 2.05) is 26.0 Å². The van der Waals surface area contributed by atoms with Crippen LogP contribution >= 0.6 is 0 Å². The van der Waals surface area contributed by atoms with Gasteiger partial charge in [0.05, 0.1) is 40.6 Å². The average Bonchev–Trinajstić information content (AvgIpc) is 3.48. The Bertz CT molecular complexity index is 1270. The van der Waals surface area contributed by atoms with Gasteiger partial charge in [0.15, 0.2) is 5.76 Å². The Morgan fingerprint density at radius 2 is 2.10 bits per heavy atom. The number of nitrogens with zero attached hydrogens (tertiary/aromatic N) is 4. The van der Waals surface area contributed by atoms with Gasteiger partial charge in [0.2, 0.25) is 0 Å². The fourth-order valence-electron chi connectivity index (χ4n) is 3.59. The smallest absolute Gasteiger partial charge is 0.259 e. The standard InChI is InChI=1S/C24H22N4O3/c1-4-7-19-22-18(13-20(21-10-6-11-30-21)26-23(22)31-27-19)24(29)28(3)15(2)17-9-5-8-16(12-17)14-25/h5-6,8-13,15H,4,7H2,1-3H3. The predicted molar refractivity (Wildman–Crippen MR) is 115 cm³/mol. The fourth-order valence-corrected chi connectivity index (χ4v) is 3.59. The number of amides is 1. The van der Waals surface area contributed by atoms with Crippen molar-refractivity contribution in [2.45, 2.75) is 32.7 Å². The maximum Gasteiger partial charge on any atom is 0.259 e. The summed E-state index contributed by atoms with van der Waals surface area (Å²) in [6.45, 7) is 3.98. The van der Waals surface area contributed by atoms with Crippen molar-refractivity contribution in [1.29, 1.82) is 5.26 Å². The molecule has 0 bridgehead atoms. The van der Waals surface area contributed by atoms with Gasteiger partial charge in [0.25, 0.3) is 11.6 Å². The molecule has 3 heterocycles. The number of nitriles is 1. The molecule has 0 fully saturated rings. The summed E-state index contributed by atoms with van der Waals surface area (Å²) in [5.41, 5.74) is 3.44. The van der Waals surface area contributed by atoms with E-state index in [1.54, 1.807) is 48.5 Å². The van der Waals surface area contributed by atoms with Crippen molar-refractivity contribution in [3.05, 3.63) is 71.1 Å². The van der Waals surface area contributed by atoms with Gasteiger partial charge >= 0.3 is 0 Å². The van der Waals surface area contributed by atoms with Crippen LogP contribution in [0.15, 0.2) is 57.7 Å². The van der Waals surface area contributed by atoms with Crippen LogP contribution in [0.4, 0.5) is 0 Å². The van der Waals surface area contributed by atoms with Crippen molar-refractivity contribution >= 4 is 17.0 Å². The third kappa shape index (κ3) is 3.80. The van der Waals surface area contributed by atoms with Crippen LogP contribution in [0.2, 0.25) is 0 Å². The zero-order valence-corrected chi connectivity index (χ0v) is 17.6. The first kappa shape index (κ1) is 20.4. The van der Waals surface area contributed by atoms with Gasteiger partial charge in [0, 0.05) is 7.05 Å². The van der Waals surface area contributed by atoms with Crippen LogP contribution in [-0.2, 0) is 6.42 Å². The molecule has 1 aromatic carbocycles. The summed E-state index contributed by atoms with van der Waals surface area (Å²) in [6.07, 6.45) is 3.10. The first-order valence-electron chi connectivity index (χ1n) is 10.1. The van der Waals surface area contributed by atoms with Crippen molar-refractivity contribution in [2.24, 2.45) is 0 Å². The molecule has 3 aromatic heterocycles. The molecule has 0 spiro atoms. The first-order valence-corrected chi connectivity index (χ1v) is 10.1. The van der Waals surface area contributed by atoms with Crippen LogP contribution < -0.4 is 0 Å². The second-order valence-corrected chi connectivity index (χ2v) is 7.42. The van der Waals surface area contributed by atoms with Crippen LogP contribution in [0.25, 0.3) is 22.6 Å².